The molecular formula is C10H14F3N3O2S2. The van der Waals surface area contributed by atoms with Crippen LogP contribution in [0.2, 0.25) is 0 Å². The van der Waals surface area contributed by atoms with Crippen molar-refractivity contribution in [3.8, 4) is 0 Å². The Morgan fingerprint density at radius 1 is 1.30 bits per heavy atom. The highest BCUT2D eigenvalue weighted by molar-refractivity contribution is 7.88. The van der Waals surface area contributed by atoms with E-state index in [-0.39, 0.29) is 0 Å². The van der Waals surface area contributed by atoms with Gasteiger partial charge in [-0.15, -0.1) is 11.3 Å². The molecule has 0 amide bonds. The molecular weight excluding hydrogens is 315 g/mol. The normalized spacial score (nSPS) is 19.4. The minimum Gasteiger partial charge on any atom is -0.294 e. The summed E-state index contributed by atoms with van der Waals surface area (Å²) >= 11 is 0.972. The molecule has 0 unspecified atom stereocenters. The number of thiazole rings is 1. The molecule has 1 saturated heterocycles. The summed E-state index contributed by atoms with van der Waals surface area (Å²) in [4.78, 5) is 5.47. The van der Waals surface area contributed by atoms with Crippen LogP contribution in [0.25, 0.3) is 0 Å². The van der Waals surface area contributed by atoms with Crippen molar-refractivity contribution >= 4 is 21.4 Å². The molecule has 114 valence electrons. The Morgan fingerprint density at radius 2 is 1.90 bits per heavy atom. The maximum Gasteiger partial charge on any atom is 0.434 e. The van der Waals surface area contributed by atoms with Crippen LogP contribution >= 0.6 is 11.3 Å². The van der Waals surface area contributed by atoms with Crippen LogP contribution < -0.4 is 0 Å². The number of aromatic nitrogens is 1. The van der Waals surface area contributed by atoms with Crippen molar-refractivity contribution in [2.24, 2.45) is 0 Å². The van der Waals surface area contributed by atoms with Gasteiger partial charge in [-0.2, -0.15) is 17.5 Å². The fourth-order valence-corrected chi connectivity index (χ4v) is 3.59. The molecule has 2 rings (SSSR count). The summed E-state index contributed by atoms with van der Waals surface area (Å²) in [6.45, 7) is 2.02. The Balaban J connectivity index is 1.92. The van der Waals surface area contributed by atoms with Crippen LogP contribution in [-0.4, -0.2) is 55.0 Å². The Bertz CT molecular complexity index is 563. The lowest BCUT2D eigenvalue weighted by Crippen LogP contribution is -2.47. The number of halogens is 3. The number of rotatable bonds is 3. The average molecular weight is 329 g/mol. The van der Waals surface area contributed by atoms with Crippen molar-refractivity contribution in [2.75, 3.05) is 32.4 Å². The first-order valence-electron chi connectivity index (χ1n) is 5.85. The van der Waals surface area contributed by atoms with E-state index in [1.165, 1.54) is 4.31 Å². The SMILES string of the molecule is CS(=O)(=O)N1CCN(Cc2nc(C(F)(F)F)cs2)CC1. The smallest absolute Gasteiger partial charge is 0.294 e. The van der Waals surface area contributed by atoms with E-state index in [0.29, 0.717) is 37.7 Å². The molecule has 0 radical (unpaired) electrons. The van der Waals surface area contributed by atoms with Gasteiger partial charge < -0.3 is 0 Å². The lowest BCUT2D eigenvalue weighted by Gasteiger charge is -2.32. The molecule has 0 N–H and O–H groups in total. The zero-order valence-corrected chi connectivity index (χ0v) is 12.4. The molecule has 0 aliphatic carbocycles. The largest absolute Gasteiger partial charge is 0.434 e. The first-order valence-corrected chi connectivity index (χ1v) is 8.58. The van der Waals surface area contributed by atoms with E-state index in [1.807, 2.05) is 4.90 Å². The quantitative estimate of drug-likeness (QED) is 0.837. The van der Waals surface area contributed by atoms with Gasteiger partial charge in [0.15, 0.2) is 5.69 Å². The van der Waals surface area contributed by atoms with Crippen molar-refractivity contribution in [2.45, 2.75) is 12.7 Å². The second-order valence-electron chi connectivity index (χ2n) is 4.56. The molecule has 1 aromatic rings. The van der Waals surface area contributed by atoms with E-state index in [2.05, 4.69) is 4.98 Å². The molecule has 1 aliphatic heterocycles. The minimum atomic E-state index is -4.41. The number of piperazine rings is 1. The Hall–Kier alpha value is -0.710. The Labute approximate surface area is 119 Å². The molecule has 0 bridgehead atoms. The summed E-state index contributed by atoms with van der Waals surface area (Å²) in [5.41, 5.74) is -0.868. The monoisotopic (exact) mass is 329 g/mol. The maximum absolute atomic E-state index is 12.4. The van der Waals surface area contributed by atoms with Crippen molar-refractivity contribution in [1.29, 1.82) is 0 Å². The van der Waals surface area contributed by atoms with Crippen LogP contribution in [0, 0.1) is 0 Å². The van der Waals surface area contributed by atoms with E-state index >= 15 is 0 Å². The highest BCUT2D eigenvalue weighted by atomic mass is 32.2. The van der Waals surface area contributed by atoms with Crippen molar-refractivity contribution in [3.05, 3.63) is 16.1 Å². The Morgan fingerprint density at radius 3 is 2.35 bits per heavy atom. The average Bonchev–Trinajstić information content (AvgIpc) is 2.77. The first-order chi connectivity index (χ1) is 9.16. The third-order valence-electron chi connectivity index (χ3n) is 3.00. The molecule has 0 aromatic carbocycles. The van der Waals surface area contributed by atoms with E-state index in [1.54, 1.807) is 0 Å². The first kappa shape index (κ1) is 15.7. The fourth-order valence-electron chi connectivity index (χ4n) is 1.92. The fraction of sp³-hybridized carbons (Fsp3) is 0.700. The predicted molar refractivity (Wildman–Crippen MR) is 68.8 cm³/mol. The highest BCUT2D eigenvalue weighted by Crippen LogP contribution is 2.30. The number of nitrogens with zero attached hydrogens (tertiary/aromatic N) is 3. The van der Waals surface area contributed by atoms with Crippen LogP contribution in [0.1, 0.15) is 10.7 Å². The second-order valence-corrected chi connectivity index (χ2v) is 7.49. The zero-order chi connectivity index (χ0) is 15.0. The molecule has 1 aromatic heterocycles. The number of hydrogen-bond donors (Lipinski definition) is 0. The third-order valence-corrected chi connectivity index (χ3v) is 5.14. The summed E-state index contributed by atoms with van der Waals surface area (Å²) in [5, 5.41) is 1.40. The molecule has 1 aliphatic rings. The van der Waals surface area contributed by atoms with Crippen molar-refractivity contribution < 1.29 is 21.6 Å². The van der Waals surface area contributed by atoms with Crippen LogP contribution in [0.15, 0.2) is 5.38 Å². The summed E-state index contributed by atoms with van der Waals surface area (Å²) in [6, 6.07) is 0. The van der Waals surface area contributed by atoms with Gasteiger partial charge in [-0.1, -0.05) is 0 Å². The van der Waals surface area contributed by atoms with Crippen molar-refractivity contribution in [1.82, 2.24) is 14.2 Å². The topological polar surface area (TPSA) is 53.5 Å². The van der Waals surface area contributed by atoms with E-state index in [4.69, 9.17) is 0 Å². The van der Waals surface area contributed by atoms with Gasteiger partial charge in [-0.25, -0.2) is 13.4 Å². The van der Waals surface area contributed by atoms with Gasteiger partial charge in [-0.3, -0.25) is 4.90 Å². The second kappa shape index (κ2) is 5.58. The molecule has 0 atom stereocenters. The van der Waals surface area contributed by atoms with Crippen LogP contribution in [0.3, 0.4) is 0 Å². The molecule has 2 heterocycles. The van der Waals surface area contributed by atoms with E-state index in [0.717, 1.165) is 23.0 Å². The molecule has 0 spiro atoms. The lowest BCUT2D eigenvalue weighted by molar-refractivity contribution is -0.140. The van der Waals surface area contributed by atoms with Gasteiger partial charge in [0.2, 0.25) is 10.0 Å². The molecule has 10 heteroatoms. The highest BCUT2D eigenvalue weighted by Gasteiger charge is 2.34. The molecule has 20 heavy (non-hydrogen) atoms. The van der Waals surface area contributed by atoms with Crippen LogP contribution in [0.5, 0.6) is 0 Å². The van der Waals surface area contributed by atoms with Gasteiger partial charge in [-0.05, 0) is 0 Å². The van der Waals surface area contributed by atoms with Gasteiger partial charge in [0.1, 0.15) is 5.01 Å². The van der Waals surface area contributed by atoms with Crippen LogP contribution in [0.4, 0.5) is 13.2 Å². The standard InChI is InChI=1S/C10H14F3N3O2S2/c1-20(17,18)16-4-2-15(3-5-16)6-9-14-8(7-19-9)10(11,12)13/h7H,2-6H2,1H3. The van der Waals surface area contributed by atoms with Gasteiger partial charge in [0.25, 0.3) is 0 Å². The molecule has 1 fully saturated rings. The summed E-state index contributed by atoms with van der Waals surface area (Å²) < 4.78 is 61.3. The summed E-state index contributed by atoms with van der Waals surface area (Å²) in [6.07, 6.45) is -3.26. The van der Waals surface area contributed by atoms with E-state index in [9.17, 15) is 21.6 Å². The molecule has 0 saturated carbocycles. The zero-order valence-electron chi connectivity index (χ0n) is 10.7. The number of alkyl halides is 3. The van der Waals surface area contributed by atoms with Gasteiger partial charge in [0.05, 0.1) is 12.8 Å². The summed E-state index contributed by atoms with van der Waals surface area (Å²) in [7, 11) is -3.19. The van der Waals surface area contributed by atoms with Crippen LogP contribution in [-0.2, 0) is 22.7 Å². The lowest BCUT2D eigenvalue weighted by atomic mass is 10.3. The van der Waals surface area contributed by atoms with Crippen molar-refractivity contribution in [3.63, 3.8) is 0 Å². The van der Waals surface area contributed by atoms with E-state index < -0.39 is 21.9 Å². The molecule has 5 nitrogen and oxygen atoms in total. The van der Waals surface area contributed by atoms with Gasteiger partial charge >= 0.3 is 6.18 Å². The summed E-state index contributed by atoms with van der Waals surface area (Å²) in [5.74, 6) is 0. The van der Waals surface area contributed by atoms with Gasteiger partial charge in [0, 0.05) is 31.6 Å². The number of sulfonamides is 1. The number of hydrogen-bond acceptors (Lipinski definition) is 5. The Kier molecular flexibility index (Phi) is 4.38. The minimum absolute atomic E-state index is 0.318. The third kappa shape index (κ3) is 3.90. The predicted octanol–water partition coefficient (Wildman–Crippen LogP) is 1.24. The maximum atomic E-state index is 12.4.